The van der Waals surface area contributed by atoms with Crippen molar-refractivity contribution in [2.45, 2.75) is 73.9 Å². The van der Waals surface area contributed by atoms with E-state index in [1.165, 1.54) is 31.0 Å². The number of fused-ring (bicyclic) bond motifs is 4. The number of aryl methyl sites for hydroxylation is 1. The number of anilines is 1. The molecule has 13 heteroatoms. The van der Waals surface area contributed by atoms with Crippen LogP contribution < -0.4 is 14.4 Å². The van der Waals surface area contributed by atoms with Gasteiger partial charge in [0.2, 0.25) is 0 Å². The predicted molar refractivity (Wildman–Crippen MR) is 182 cm³/mol. The van der Waals surface area contributed by atoms with Crippen molar-refractivity contribution in [2.75, 3.05) is 57.4 Å². The van der Waals surface area contributed by atoms with Crippen LogP contribution in [0.4, 0.5) is 14.5 Å². The van der Waals surface area contributed by atoms with Crippen molar-refractivity contribution in [1.29, 1.82) is 0 Å². The lowest BCUT2D eigenvalue weighted by Crippen LogP contribution is -2.57. The maximum atomic E-state index is 13.6. The molecular weight excluding hydrogens is 676 g/mol. The minimum Gasteiger partial charge on any atom is -0.490 e. The number of carbonyl (C=O) groups excluding carboxylic acids is 1. The molecule has 0 radical (unpaired) electrons. The van der Waals surface area contributed by atoms with Crippen LogP contribution in [0.5, 0.6) is 5.75 Å². The SMILES string of the molecule is CC1(C)OCC=C[C@@H](OCCN2CC(F)(F)C2)[C@@H]2CC[C@H]2CN2C[C@@]3(CCCc4cc(Cl)ccc43)COc3ccc(cc32)S(=O)(=O)NC1=O. The molecule has 0 aromatic heterocycles. The molecule has 0 unspecified atom stereocenters. The first-order valence-electron chi connectivity index (χ1n) is 17.1. The van der Waals surface area contributed by atoms with E-state index in [1.807, 2.05) is 18.2 Å². The van der Waals surface area contributed by atoms with Gasteiger partial charge in [-0.2, -0.15) is 0 Å². The van der Waals surface area contributed by atoms with Gasteiger partial charge in [0.05, 0.1) is 49.6 Å². The molecule has 266 valence electrons. The molecule has 5 aliphatic rings. The summed E-state index contributed by atoms with van der Waals surface area (Å²) in [5, 5.41) is 0.698. The highest BCUT2D eigenvalue weighted by molar-refractivity contribution is 7.90. The van der Waals surface area contributed by atoms with Gasteiger partial charge in [0, 0.05) is 30.1 Å². The minimum absolute atomic E-state index is 0.0364. The zero-order chi connectivity index (χ0) is 34.6. The van der Waals surface area contributed by atoms with Crippen LogP contribution in [-0.4, -0.2) is 89.4 Å². The third kappa shape index (κ3) is 7.08. The van der Waals surface area contributed by atoms with Crippen molar-refractivity contribution in [2.24, 2.45) is 11.8 Å². The van der Waals surface area contributed by atoms with Crippen molar-refractivity contribution in [3.05, 3.63) is 64.7 Å². The number of hydrogen-bond acceptors (Lipinski definition) is 8. The standard InChI is InChI=1S/C36H44ClF2N3O6S/c1-34(2)33(43)40-49(44,45)27-9-12-32-30(18-27)42(20-35(23-47-32)13-3-5-24-17-26(37)8-11-29(24)35)19-25-7-10-28(25)31(6-4-15-48-34)46-16-14-41-21-36(38,39)22-41/h4,6,8-9,11-12,17-18,25,28,31H,3,5,7,10,13-16,19-23H2,1-2H3,(H,40,43)/t25-,28+,31+,35-/m0/s1. The average Bonchev–Trinajstić information content (AvgIpc) is 3.16. The number of rotatable bonds is 4. The van der Waals surface area contributed by atoms with E-state index in [2.05, 4.69) is 15.7 Å². The third-order valence-electron chi connectivity index (χ3n) is 10.9. The Labute approximate surface area is 291 Å². The van der Waals surface area contributed by atoms with E-state index in [0.717, 1.165) is 32.1 Å². The summed E-state index contributed by atoms with van der Waals surface area (Å²) in [6.45, 7) is 5.01. The first-order chi connectivity index (χ1) is 23.2. The van der Waals surface area contributed by atoms with Crippen LogP contribution in [-0.2, 0) is 36.1 Å². The number of likely N-dealkylation sites (tertiary alicyclic amines) is 1. The van der Waals surface area contributed by atoms with Gasteiger partial charge in [-0.15, -0.1) is 0 Å². The normalized spacial score (nSPS) is 30.5. The van der Waals surface area contributed by atoms with Gasteiger partial charge in [-0.05, 0) is 99.2 Å². The van der Waals surface area contributed by atoms with Crippen molar-refractivity contribution in [3.63, 3.8) is 0 Å². The molecule has 4 atom stereocenters. The summed E-state index contributed by atoms with van der Waals surface area (Å²) in [6, 6.07) is 10.8. The molecule has 3 heterocycles. The van der Waals surface area contributed by atoms with E-state index >= 15 is 0 Å². The molecule has 3 aliphatic heterocycles. The van der Waals surface area contributed by atoms with Crippen LogP contribution in [0.2, 0.25) is 5.02 Å². The lowest BCUT2D eigenvalue weighted by atomic mass is 9.68. The first-order valence-corrected chi connectivity index (χ1v) is 19.0. The summed E-state index contributed by atoms with van der Waals surface area (Å²) in [6.07, 6.45) is 8.15. The van der Waals surface area contributed by atoms with Gasteiger partial charge in [-0.25, -0.2) is 21.9 Å². The van der Waals surface area contributed by atoms with E-state index in [4.69, 9.17) is 25.8 Å². The van der Waals surface area contributed by atoms with Crippen molar-refractivity contribution in [3.8, 4) is 5.75 Å². The first kappa shape index (κ1) is 34.7. The predicted octanol–water partition coefficient (Wildman–Crippen LogP) is 5.35. The maximum Gasteiger partial charge on any atom is 0.272 e. The zero-order valence-corrected chi connectivity index (χ0v) is 29.5. The fourth-order valence-corrected chi connectivity index (χ4v) is 9.34. The van der Waals surface area contributed by atoms with Crippen LogP contribution in [0.25, 0.3) is 0 Å². The number of ether oxygens (including phenoxy) is 3. The van der Waals surface area contributed by atoms with Crippen molar-refractivity contribution in [1.82, 2.24) is 9.62 Å². The van der Waals surface area contributed by atoms with Gasteiger partial charge < -0.3 is 19.1 Å². The largest absolute Gasteiger partial charge is 0.490 e. The van der Waals surface area contributed by atoms with Gasteiger partial charge in [0.25, 0.3) is 21.9 Å². The molecule has 2 bridgehead atoms. The lowest BCUT2D eigenvalue weighted by Gasteiger charge is -2.46. The van der Waals surface area contributed by atoms with E-state index in [1.54, 1.807) is 23.1 Å². The summed E-state index contributed by atoms with van der Waals surface area (Å²) in [5.74, 6) is -2.48. The van der Waals surface area contributed by atoms with E-state index < -0.39 is 27.5 Å². The number of benzene rings is 2. The highest BCUT2D eigenvalue weighted by atomic mass is 35.5. The van der Waals surface area contributed by atoms with Crippen LogP contribution in [0.3, 0.4) is 0 Å². The number of carbonyl (C=O) groups is 1. The summed E-state index contributed by atoms with van der Waals surface area (Å²) in [7, 11) is -4.24. The Balaban J connectivity index is 1.24. The van der Waals surface area contributed by atoms with Gasteiger partial charge >= 0.3 is 0 Å². The van der Waals surface area contributed by atoms with Crippen LogP contribution in [0.1, 0.15) is 50.7 Å². The fraction of sp³-hybridized carbons (Fsp3) is 0.583. The summed E-state index contributed by atoms with van der Waals surface area (Å²) in [5.41, 5.74) is 1.28. The van der Waals surface area contributed by atoms with Gasteiger partial charge in [-0.3, -0.25) is 9.69 Å². The van der Waals surface area contributed by atoms with Crippen LogP contribution in [0, 0.1) is 11.8 Å². The van der Waals surface area contributed by atoms with E-state index in [9.17, 15) is 22.0 Å². The number of halogens is 3. The molecule has 7 rings (SSSR count). The Morgan fingerprint density at radius 2 is 1.92 bits per heavy atom. The number of sulfonamides is 1. The molecule has 1 saturated heterocycles. The minimum atomic E-state index is -4.24. The Morgan fingerprint density at radius 1 is 1.10 bits per heavy atom. The topological polar surface area (TPSA) is 97.4 Å². The average molecular weight is 720 g/mol. The lowest BCUT2D eigenvalue weighted by molar-refractivity contribution is -0.139. The number of nitrogens with zero attached hydrogens (tertiary/aromatic N) is 2. The number of alkyl halides is 2. The monoisotopic (exact) mass is 719 g/mol. The number of nitrogens with one attached hydrogen (secondary N) is 1. The van der Waals surface area contributed by atoms with Crippen LogP contribution in [0.15, 0.2) is 53.4 Å². The number of amides is 1. The Kier molecular flexibility index (Phi) is 9.26. The second-order valence-electron chi connectivity index (χ2n) is 14.8. The second kappa shape index (κ2) is 13.1. The van der Waals surface area contributed by atoms with Crippen LogP contribution >= 0.6 is 11.6 Å². The maximum absolute atomic E-state index is 13.6. The highest BCUT2D eigenvalue weighted by Gasteiger charge is 2.46. The van der Waals surface area contributed by atoms with Gasteiger partial charge in [0.1, 0.15) is 11.4 Å². The van der Waals surface area contributed by atoms with Crippen molar-refractivity contribution < 1.29 is 36.2 Å². The molecule has 49 heavy (non-hydrogen) atoms. The van der Waals surface area contributed by atoms with Crippen molar-refractivity contribution >= 4 is 33.2 Å². The molecule has 1 N–H and O–H groups in total. The fourth-order valence-electron chi connectivity index (χ4n) is 8.02. The highest BCUT2D eigenvalue weighted by Crippen LogP contribution is 2.47. The smallest absolute Gasteiger partial charge is 0.272 e. The number of hydrogen-bond donors (Lipinski definition) is 1. The Hall–Kier alpha value is -2.77. The van der Waals surface area contributed by atoms with Gasteiger partial charge in [-0.1, -0.05) is 29.8 Å². The third-order valence-corrected chi connectivity index (χ3v) is 12.5. The summed E-state index contributed by atoms with van der Waals surface area (Å²) in [4.78, 5) is 17.1. The summed E-state index contributed by atoms with van der Waals surface area (Å²) >= 11 is 6.42. The molecular formula is C36H44ClF2N3O6S. The van der Waals surface area contributed by atoms with E-state index in [0.29, 0.717) is 49.3 Å². The molecule has 9 nitrogen and oxygen atoms in total. The molecule has 1 spiro atoms. The van der Waals surface area contributed by atoms with Gasteiger partial charge in [0.15, 0.2) is 0 Å². The Morgan fingerprint density at radius 3 is 2.67 bits per heavy atom. The quantitative estimate of drug-likeness (QED) is 0.423. The molecule has 1 saturated carbocycles. The molecule has 2 aromatic rings. The molecule has 2 aromatic carbocycles. The molecule has 1 amide bonds. The molecule has 2 aliphatic carbocycles. The van der Waals surface area contributed by atoms with E-state index in [-0.39, 0.29) is 47.9 Å². The summed E-state index contributed by atoms with van der Waals surface area (Å²) < 4.78 is 75.1. The molecule has 2 fully saturated rings. The zero-order valence-electron chi connectivity index (χ0n) is 27.9. The Bertz CT molecular complexity index is 1730. The second-order valence-corrected chi connectivity index (χ2v) is 16.9.